The summed E-state index contributed by atoms with van der Waals surface area (Å²) in [5, 5.41) is 14.8. The molecular formula is C24H20N4O2S. The second-order valence-corrected chi connectivity index (χ2v) is 8.48. The number of carbonyl (C=O) groups is 1. The summed E-state index contributed by atoms with van der Waals surface area (Å²) in [5.41, 5.74) is 9.02. The van der Waals surface area contributed by atoms with Crippen LogP contribution in [0.4, 0.5) is 5.13 Å². The molecule has 0 spiro atoms. The van der Waals surface area contributed by atoms with Gasteiger partial charge in [-0.2, -0.15) is 5.10 Å². The van der Waals surface area contributed by atoms with Gasteiger partial charge in [-0.1, -0.05) is 41.7 Å². The van der Waals surface area contributed by atoms with Crippen molar-refractivity contribution in [3.8, 4) is 11.3 Å². The molecule has 2 N–H and O–H groups in total. The fourth-order valence-corrected chi connectivity index (χ4v) is 4.64. The quantitative estimate of drug-likeness (QED) is 0.326. The average molecular weight is 429 g/mol. The molecule has 1 aliphatic rings. The number of aromatic carboxylic acids is 1. The van der Waals surface area contributed by atoms with Crippen LogP contribution in [0, 0.1) is 0 Å². The number of nitrogens with zero attached hydrogens (tertiary/aromatic N) is 3. The number of para-hydroxylation sites is 1. The summed E-state index contributed by atoms with van der Waals surface area (Å²) in [6.45, 7) is 0. The maximum atomic E-state index is 11.3. The molecule has 31 heavy (non-hydrogen) atoms. The number of nitrogens with one attached hydrogen (secondary N) is 1. The van der Waals surface area contributed by atoms with E-state index in [2.05, 4.69) is 33.6 Å². The Bertz CT molecular complexity index is 1280. The van der Waals surface area contributed by atoms with Crippen LogP contribution in [0.5, 0.6) is 0 Å². The largest absolute Gasteiger partial charge is 0.477 e. The number of hydrazone groups is 1. The predicted octanol–water partition coefficient (Wildman–Crippen LogP) is 5.60. The lowest BCUT2D eigenvalue weighted by Gasteiger charge is -2.11. The summed E-state index contributed by atoms with van der Waals surface area (Å²) in [5.74, 6) is -1.03. The van der Waals surface area contributed by atoms with Gasteiger partial charge in [0.1, 0.15) is 5.69 Å². The molecule has 0 aliphatic heterocycles. The fourth-order valence-electron chi connectivity index (χ4n) is 3.83. The molecular weight excluding hydrogens is 408 g/mol. The van der Waals surface area contributed by atoms with Gasteiger partial charge in [-0.05, 0) is 61.6 Å². The minimum absolute atomic E-state index is 0.0406. The highest BCUT2D eigenvalue weighted by Gasteiger charge is 2.16. The first-order valence-electron chi connectivity index (χ1n) is 10.2. The molecule has 7 heteroatoms. The first kappa shape index (κ1) is 19.4. The Morgan fingerprint density at radius 3 is 2.74 bits per heavy atom. The molecule has 0 unspecified atom stereocenters. The van der Waals surface area contributed by atoms with Crippen LogP contribution < -0.4 is 5.43 Å². The van der Waals surface area contributed by atoms with Crippen molar-refractivity contribution in [1.82, 2.24) is 9.97 Å². The van der Waals surface area contributed by atoms with E-state index in [-0.39, 0.29) is 5.69 Å². The number of thiazole rings is 1. The van der Waals surface area contributed by atoms with Crippen molar-refractivity contribution < 1.29 is 9.90 Å². The number of aryl methyl sites for hydroxylation is 1. The predicted molar refractivity (Wildman–Crippen MR) is 124 cm³/mol. The highest BCUT2D eigenvalue weighted by Crippen LogP contribution is 2.28. The molecule has 4 aromatic rings. The van der Waals surface area contributed by atoms with E-state index in [1.165, 1.54) is 11.6 Å². The number of fused-ring (bicyclic) bond motifs is 2. The summed E-state index contributed by atoms with van der Waals surface area (Å²) >= 11 is 1.58. The molecule has 0 saturated heterocycles. The van der Waals surface area contributed by atoms with E-state index >= 15 is 0 Å². The van der Waals surface area contributed by atoms with Gasteiger partial charge in [-0.25, -0.2) is 14.8 Å². The van der Waals surface area contributed by atoms with Gasteiger partial charge in [0, 0.05) is 11.1 Å². The Hall–Kier alpha value is -3.58. The Kier molecular flexibility index (Phi) is 5.18. The van der Waals surface area contributed by atoms with Crippen LogP contribution in [-0.2, 0) is 6.42 Å². The molecule has 0 amide bonds. The normalized spacial score (nSPS) is 14.9. The number of pyridine rings is 1. The number of benzene rings is 2. The Labute approximate surface area is 183 Å². The van der Waals surface area contributed by atoms with Crippen molar-refractivity contribution in [2.45, 2.75) is 25.7 Å². The SMILES string of the molecule is O=C(O)c1cccc(-c2ccc3c(c2)/C(=N\Nc2nc4ccccc4s2)CCCC3)n1. The number of aromatic nitrogens is 2. The molecule has 0 radical (unpaired) electrons. The highest BCUT2D eigenvalue weighted by molar-refractivity contribution is 7.22. The topological polar surface area (TPSA) is 87.5 Å². The monoisotopic (exact) mass is 428 g/mol. The zero-order chi connectivity index (χ0) is 21.2. The summed E-state index contributed by atoms with van der Waals surface area (Å²) in [4.78, 5) is 20.2. The molecule has 6 nitrogen and oxygen atoms in total. The molecule has 0 atom stereocenters. The number of carboxylic acids is 1. The smallest absolute Gasteiger partial charge is 0.354 e. The third-order valence-corrected chi connectivity index (χ3v) is 6.32. The Balaban J connectivity index is 1.50. The second kappa shape index (κ2) is 8.28. The van der Waals surface area contributed by atoms with Crippen molar-refractivity contribution in [1.29, 1.82) is 0 Å². The number of anilines is 1. The number of hydrogen-bond donors (Lipinski definition) is 2. The minimum Gasteiger partial charge on any atom is -0.477 e. The van der Waals surface area contributed by atoms with Crippen molar-refractivity contribution in [2.75, 3.05) is 5.43 Å². The van der Waals surface area contributed by atoms with Gasteiger partial charge in [0.15, 0.2) is 0 Å². The molecule has 5 rings (SSSR count). The van der Waals surface area contributed by atoms with Crippen LogP contribution in [0.3, 0.4) is 0 Å². The van der Waals surface area contributed by atoms with Gasteiger partial charge >= 0.3 is 5.97 Å². The summed E-state index contributed by atoms with van der Waals surface area (Å²) in [6, 6.07) is 19.3. The van der Waals surface area contributed by atoms with Crippen LogP contribution >= 0.6 is 11.3 Å². The van der Waals surface area contributed by atoms with Crippen molar-refractivity contribution in [2.24, 2.45) is 5.10 Å². The van der Waals surface area contributed by atoms with Crippen LogP contribution in [0.25, 0.3) is 21.5 Å². The average Bonchev–Trinajstić information content (AvgIpc) is 3.11. The molecule has 0 fully saturated rings. The van der Waals surface area contributed by atoms with Gasteiger partial charge in [0.25, 0.3) is 0 Å². The van der Waals surface area contributed by atoms with Crippen molar-refractivity contribution >= 4 is 38.4 Å². The van der Waals surface area contributed by atoms with E-state index in [0.29, 0.717) is 5.69 Å². The van der Waals surface area contributed by atoms with Crippen molar-refractivity contribution in [3.63, 3.8) is 0 Å². The molecule has 1 aliphatic carbocycles. The van der Waals surface area contributed by atoms with Gasteiger partial charge < -0.3 is 5.11 Å². The zero-order valence-electron chi connectivity index (χ0n) is 16.7. The van der Waals surface area contributed by atoms with Gasteiger partial charge in [0.05, 0.1) is 21.6 Å². The number of rotatable bonds is 4. The van der Waals surface area contributed by atoms with Gasteiger partial charge in [-0.3, -0.25) is 5.43 Å². The Morgan fingerprint density at radius 2 is 1.87 bits per heavy atom. The van der Waals surface area contributed by atoms with Crippen molar-refractivity contribution in [3.05, 3.63) is 77.5 Å². The van der Waals surface area contributed by atoms with E-state index in [0.717, 1.165) is 57.9 Å². The van der Waals surface area contributed by atoms with Gasteiger partial charge in [-0.15, -0.1) is 0 Å². The van der Waals surface area contributed by atoms with Gasteiger partial charge in [0.2, 0.25) is 5.13 Å². The fraction of sp³-hybridized carbons (Fsp3) is 0.167. The van der Waals surface area contributed by atoms with Crippen LogP contribution in [0.2, 0.25) is 0 Å². The van der Waals surface area contributed by atoms with E-state index in [1.807, 2.05) is 30.3 Å². The third-order valence-electron chi connectivity index (χ3n) is 5.37. The lowest BCUT2D eigenvalue weighted by atomic mass is 9.97. The maximum Gasteiger partial charge on any atom is 0.354 e. The standard InChI is InChI=1S/C24H20N4O2S/c29-23(30)21-10-5-9-18(25-21)16-13-12-15-6-1-2-7-19(17(15)14-16)27-28-24-26-20-8-3-4-11-22(20)31-24/h3-5,8-14H,1-2,6-7H2,(H,26,28)(H,29,30)/b27-19-. The molecule has 0 bridgehead atoms. The lowest BCUT2D eigenvalue weighted by Crippen LogP contribution is -2.06. The van der Waals surface area contributed by atoms with Crippen LogP contribution in [0.1, 0.15) is 40.9 Å². The minimum atomic E-state index is -1.03. The molecule has 2 aromatic carbocycles. The van der Waals surface area contributed by atoms with Crippen LogP contribution in [-0.4, -0.2) is 26.8 Å². The highest BCUT2D eigenvalue weighted by atomic mass is 32.1. The number of carboxylic acid groups (broad SMARTS) is 1. The molecule has 2 aromatic heterocycles. The van der Waals surface area contributed by atoms with E-state index in [1.54, 1.807) is 17.4 Å². The van der Waals surface area contributed by atoms with Crippen LogP contribution in [0.15, 0.2) is 65.8 Å². The summed E-state index contributed by atoms with van der Waals surface area (Å²) in [7, 11) is 0. The number of hydrogen-bond acceptors (Lipinski definition) is 6. The van der Waals surface area contributed by atoms with E-state index in [4.69, 9.17) is 5.10 Å². The van der Waals surface area contributed by atoms with E-state index in [9.17, 15) is 9.90 Å². The molecule has 2 heterocycles. The third kappa shape index (κ3) is 4.04. The lowest BCUT2D eigenvalue weighted by molar-refractivity contribution is 0.0690. The zero-order valence-corrected chi connectivity index (χ0v) is 17.5. The summed E-state index contributed by atoms with van der Waals surface area (Å²) in [6.07, 6.45) is 4.05. The first-order valence-corrected chi connectivity index (χ1v) is 11.0. The Morgan fingerprint density at radius 1 is 1.00 bits per heavy atom. The first-order chi connectivity index (χ1) is 15.2. The van der Waals surface area contributed by atoms with E-state index < -0.39 is 5.97 Å². The second-order valence-electron chi connectivity index (χ2n) is 7.45. The maximum absolute atomic E-state index is 11.3. The summed E-state index contributed by atoms with van der Waals surface area (Å²) < 4.78 is 1.12. The molecule has 154 valence electrons. The molecule has 0 saturated carbocycles.